The Kier molecular flexibility index (Phi) is 10.3. The number of allylic oxidation sites excluding steroid dienone is 1. The van der Waals surface area contributed by atoms with Gasteiger partial charge in [-0.1, -0.05) is 36.2 Å². The maximum Gasteiger partial charge on any atom is 0.264 e. The molecule has 304 valence electrons. The zero-order chi connectivity index (χ0) is 39.0. The van der Waals surface area contributed by atoms with Gasteiger partial charge < -0.3 is 19.1 Å². The van der Waals surface area contributed by atoms with Crippen molar-refractivity contribution in [3.05, 3.63) is 69.5 Å². The highest BCUT2D eigenvalue weighted by Crippen LogP contribution is 2.81. The van der Waals surface area contributed by atoms with Crippen molar-refractivity contribution in [1.29, 1.82) is 0 Å². The largest absolute Gasteiger partial charge is 0.491 e. The van der Waals surface area contributed by atoms with Crippen LogP contribution in [-0.4, -0.2) is 107 Å². The number of hydrogen-bond donors (Lipinski definition) is 1. The van der Waals surface area contributed by atoms with Crippen molar-refractivity contribution in [3.63, 3.8) is 0 Å². The lowest BCUT2D eigenvalue weighted by Gasteiger charge is -2.50. The normalized spacial score (nSPS) is 35.7. The molecule has 1 unspecified atom stereocenters. The fraction of sp³-hybridized carbons (Fsp3) is 0.651. The van der Waals surface area contributed by atoms with Crippen LogP contribution in [0.3, 0.4) is 0 Å². The Hall–Kier alpha value is -2.74. The van der Waals surface area contributed by atoms with Crippen LogP contribution in [0.4, 0.5) is 10.1 Å². The number of carbonyl (C=O) groups is 1. The van der Waals surface area contributed by atoms with E-state index in [9.17, 15) is 13.2 Å². The fourth-order valence-corrected chi connectivity index (χ4v) is 12.9. The molecule has 1 N–H and O–H groups in total. The number of anilines is 1. The zero-order valence-electron chi connectivity index (χ0n) is 32.9. The molecule has 56 heavy (non-hydrogen) atoms. The van der Waals surface area contributed by atoms with Crippen LogP contribution in [0.1, 0.15) is 74.4 Å². The Labute approximate surface area is 336 Å². The SMILES string of the molecule is CCOC1[C@@]23CC[C@H]2CN2Cc4ccc(Cl)c(F)c4CCCCOc4ccc(cc42)C(=O)NS(=O)(=O)[C@H](C)[C@@H](C)[C@H]2C=C(C2)[C@]13CN1CCN2CCOC[C@@H]2C1. The molecule has 2 saturated carbocycles. The number of carbonyl (C=O) groups excluding carboxylic acids is 1. The van der Waals surface area contributed by atoms with Crippen LogP contribution in [-0.2, 0) is 32.5 Å². The quantitative estimate of drug-likeness (QED) is 0.370. The maximum atomic E-state index is 15.8. The summed E-state index contributed by atoms with van der Waals surface area (Å²) in [5.41, 5.74) is 3.47. The number of piperazine rings is 1. The molecule has 4 bridgehead atoms. The average Bonchev–Trinajstić information content (AvgIpc) is 3.76. The molecule has 2 aromatic rings. The van der Waals surface area contributed by atoms with Crippen molar-refractivity contribution in [3.8, 4) is 5.75 Å². The van der Waals surface area contributed by atoms with Crippen molar-refractivity contribution in [1.82, 2.24) is 14.5 Å². The molecule has 0 radical (unpaired) electrons. The Morgan fingerprint density at radius 1 is 1.09 bits per heavy atom. The lowest BCUT2D eigenvalue weighted by atomic mass is 9.60. The third-order valence-corrected chi connectivity index (χ3v) is 17.1. The van der Waals surface area contributed by atoms with Gasteiger partial charge in [-0.25, -0.2) is 17.5 Å². The summed E-state index contributed by atoms with van der Waals surface area (Å²) in [6.07, 6.45) is 7.24. The minimum Gasteiger partial charge on any atom is -0.491 e. The number of halogens is 2. The monoisotopic (exact) mass is 810 g/mol. The first kappa shape index (κ1) is 38.8. The second-order valence-electron chi connectivity index (χ2n) is 17.6. The molecular formula is C43H56ClFN4O6S. The van der Waals surface area contributed by atoms with Crippen LogP contribution >= 0.6 is 11.6 Å². The number of benzene rings is 2. The summed E-state index contributed by atoms with van der Waals surface area (Å²) in [6.45, 7) is 14.2. The van der Waals surface area contributed by atoms with Gasteiger partial charge in [0.25, 0.3) is 5.91 Å². The number of fused-ring (bicyclic) bond motifs is 6. The van der Waals surface area contributed by atoms with Gasteiger partial charge in [0.15, 0.2) is 0 Å². The molecular weight excluding hydrogens is 755 g/mol. The molecule has 5 heterocycles. The van der Waals surface area contributed by atoms with Crippen molar-refractivity contribution < 1.29 is 31.8 Å². The second-order valence-corrected chi connectivity index (χ2v) is 20.0. The highest BCUT2D eigenvalue weighted by molar-refractivity contribution is 7.90. The number of ether oxygens (including phenoxy) is 3. The summed E-state index contributed by atoms with van der Waals surface area (Å²) in [4.78, 5) is 21.3. The summed E-state index contributed by atoms with van der Waals surface area (Å²) in [7, 11) is -4.01. The topological polar surface area (TPSA) is 101 Å². The van der Waals surface area contributed by atoms with E-state index in [0.29, 0.717) is 62.2 Å². The van der Waals surface area contributed by atoms with E-state index in [1.54, 1.807) is 31.2 Å². The predicted octanol–water partition coefficient (Wildman–Crippen LogP) is 6.06. The zero-order valence-corrected chi connectivity index (χ0v) is 34.5. The van der Waals surface area contributed by atoms with E-state index in [2.05, 4.69) is 32.4 Å². The Bertz CT molecular complexity index is 2020. The first-order valence-electron chi connectivity index (χ1n) is 20.9. The summed E-state index contributed by atoms with van der Waals surface area (Å²) in [6, 6.07) is 9.14. The molecule has 8 atom stereocenters. The van der Waals surface area contributed by atoms with E-state index in [4.69, 9.17) is 25.8 Å². The Morgan fingerprint density at radius 3 is 2.71 bits per heavy atom. The van der Waals surface area contributed by atoms with Crippen LogP contribution in [0.2, 0.25) is 5.02 Å². The van der Waals surface area contributed by atoms with Gasteiger partial charge in [-0.2, -0.15) is 0 Å². The van der Waals surface area contributed by atoms with Gasteiger partial charge in [0.05, 0.1) is 41.9 Å². The maximum absolute atomic E-state index is 15.8. The van der Waals surface area contributed by atoms with Gasteiger partial charge >= 0.3 is 0 Å². The Balaban J connectivity index is 1.17. The van der Waals surface area contributed by atoms with Crippen LogP contribution in [0.25, 0.3) is 0 Å². The van der Waals surface area contributed by atoms with Crippen molar-refractivity contribution in [2.45, 2.75) is 83.2 Å². The van der Waals surface area contributed by atoms with Gasteiger partial charge in [-0.05, 0) is 106 Å². The van der Waals surface area contributed by atoms with Crippen molar-refractivity contribution in [2.24, 2.45) is 28.6 Å². The molecule has 10 rings (SSSR count). The molecule has 0 aromatic heterocycles. The molecule has 10 nitrogen and oxygen atoms in total. The first-order valence-corrected chi connectivity index (χ1v) is 22.8. The first-order chi connectivity index (χ1) is 27.0. The van der Waals surface area contributed by atoms with Crippen LogP contribution in [0, 0.1) is 34.4 Å². The minimum absolute atomic E-state index is 0.0245. The van der Waals surface area contributed by atoms with Crippen LogP contribution in [0.5, 0.6) is 5.75 Å². The van der Waals surface area contributed by atoms with Gasteiger partial charge in [0, 0.05) is 74.9 Å². The molecule has 8 aliphatic rings. The molecule has 4 fully saturated rings. The molecule has 2 aromatic carbocycles. The molecule has 1 amide bonds. The van der Waals surface area contributed by atoms with E-state index >= 15 is 4.39 Å². The molecule has 1 spiro atoms. The number of amides is 1. The third kappa shape index (κ3) is 6.31. The summed E-state index contributed by atoms with van der Waals surface area (Å²) < 4.78 is 65.3. The summed E-state index contributed by atoms with van der Waals surface area (Å²) in [5, 5.41) is -0.678. The molecule has 5 aliphatic heterocycles. The fourth-order valence-electron chi connectivity index (χ4n) is 11.4. The van der Waals surface area contributed by atoms with E-state index in [0.717, 1.165) is 77.2 Å². The van der Waals surface area contributed by atoms with Gasteiger partial charge in [0.2, 0.25) is 10.0 Å². The number of nitrogens with one attached hydrogen (secondary N) is 1. The molecule has 13 heteroatoms. The average molecular weight is 811 g/mol. The molecule has 2 saturated heterocycles. The van der Waals surface area contributed by atoms with Crippen molar-refractivity contribution >= 4 is 33.2 Å². The highest BCUT2D eigenvalue weighted by atomic mass is 35.5. The number of hydrogen-bond acceptors (Lipinski definition) is 9. The van der Waals surface area contributed by atoms with E-state index in [1.807, 2.05) is 13.0 Å². The third-order valence-electron chi connectivity index (χ3n) is 14.9. The lowest BCUT2D eigenvalue weighted by molar-refractivity contribution is -0.0505. The second kappa shape index (κ2) is 14.8. The summed E-state index contributed by atoms with van der Waals surface area (Å²) in [5.74, 6) is -0.297. The number of rotatable bonds is 4. The number of sulfonamides is 1. The number of morpholine rings is 1. The van der Waals surface area contributed by atoms with E-state index in [1.165, 1.54) is 5.57 Å². The minimum atomic E-state index is -4.01. The smallest absolute Gasteiger partial charge is 0.264 e. The van der Waals surface area contributed by atoms with Gasteiger partial charge in [-0.3, -0.25) is 14.6 Å². The summed E-state index contributed by atoms with van der Waals surface area (Å²) >= 11 is 6.37. The standard InChI is InChI=1S/C43H56ClFN4O6S/c1-4-54-41-42-13-12-32(42)23-49-22-30-8-10-36(44)39(45)35(30)7-5-6-17-55-38-11-9-29(21-37(38)49)40(50)46-56(51,52)28(3)27(2)31-19-33(20-31)43(41,42)26-47-14-15-48-16-18-53-25-34(48)24-47/h8-11,19,21,27-28,31-32,34,41H,4-7,12-18,20,22-26H2,1-3H3,(H,46,50)/t27-,28-,31+,32+,34+,41?,42-,43-/m1/s1. The van der Waals surface area contributed by atoms with Gasteiger partial charge in [0.1, 0.15) is 11.6 Å². The Morgan fingerprint density at radius 2 is 1.93 bits per heavy atom. The van der Waals surface area contributed by atoms with Crippen LogP contribution in [0.15, 0.2) is 42.0 Å². The van der Waals surface area contributed by atoms with Gasteiger partial charge in [-0.15, -0.1) is 0 Å². The van der Waals surface area contributed by atoms with E-state index in [-0.39, 0.29) is 51.1 Å². The van der Waals surface area contributed by atoms with Crippen molar-refractivity contribution in [2.75, 3.05) is 70.6 Å². The lowest BCUT2D eigenvalue weighted by Crippen LogP contribution is -2.59. The highest BCUT2D eigenvalue weighted by Gasteiger charge is 2.84. The predicted molar refractivity (Wildman–Crippen MR) is 214 cm³/mol. The number of nitrogens with zero attached hydrogens (tertiary/aromatic N) is 3. The van der Waals surface area contributed by atoms with Crippen LogP contribution < -0.4 is 14.4 Å². The molecule has 3 aliphatic carbocycles. The van der Waals surface area contributed by atoms with E-state index < -0.39 is 21.2 Å².